The molecule has 0 heterocycles. The molecule has 1 unspecified atom stereocenters. The summed E-state index contributed by atoms with van der Waals surface area (Å²) in [6, 6.07) is 9.30. The van der Waals surface area contributed by atoms with Gasteiger partial charge in [0.2, 0.25) is 0 Å². The fraction of sp³-hybridized carbons (Fsp3) is 0.143. The molecule has 110 valence electrons. The first-order valence-corrected chi connectivity index (χ1v) is 7.21. The smallest absolute Gasteiger partial charge is 0.294 e. The fourth-order valence-corrected chi connectivity index (χ4v) is 2.47. The van der Waals surface area contributed by atoms with Crippen LogP contribution in [0.15, 0.2) is 40.9 Å². The zero-order valence-corrected chi connectivity index (χ0v) is 13.3. The SMILES string of the molecule is CC(Nc1cc(F)c(Cl)cc1[N+](=O)[O-])c1cccc(Br)c1. The van der Waals surface area contributed by atoms with Crippen molar-refractivity contribution in [2.24, 2.45) is 0 Å². The molecule has 1 atom stereocenters. The maximum atomic E-state index is 13.5. The van der Waals surface area contributed by atoms with Crippen LogP contribution in [0.5, 0.6) is 0 Å². The monoisotopic (exact) mass is 372 g/mol. The van der Waals surface area contributed by atoms with Gasteiger partial charge < -0.3 is 5.32 Å². The Morgan fingerprint density at radius 3 is 2.71 bits per heavy atom. The number of nitro benzene ring substituents is 1. The Bertz CT molecular complexity index is 697. The molecule has 1 N–H and O–H groups in total. The normalized spacial score (nSPS) is 12.0. The maximum absolute atomic E-state index is 13.5. The Morgan fingerprint density at radius 2 is 2.10 bits per heavy atom. The van der Waals surface area contributed by atoms with Crippen molar-refractivity contribution in [3.8, 4) is 0 Å². The van der Waals surface area contributed by atoms with Crippen molar-refractivity contribution >= 4 is 38.9 Å². The number of halogens is 3. The molecule has 0 spiro atoms. The van der Waals surface area contributed by atoms with E-state index in [1.807, 2.05) is 31.2 Å². The van der Waals surface area contributed by atoms with Crippen LogP contribution in [0.25, 0.3) is 0 Å². The van der Waals surface area contributed by atoms with Gasteiger partial charge in [-0.05, 0) is 24.6 Å². The lowest BCUT2D eigenvalue weighted by atomic mass is 10.1. The third-order valence-corrected chi connectivity index (χ3v) is 3.74. The predicted molar refractivity (Wildman–Crippen MR) is 84.2 cm³/mol. The summed E-state index contributed by atoms with van der Waals surface area (Å²) in [5, 5.41) is 13.7. The summed E-state index contributed by atoms with van der Waals surface area (Å²) in [5.74, 6) is -0.703. The van der Waals surface area contributed by atoms with E-state index in [1.54, 1.807) is 0 Å². The molecule has 0 amide bonds. The van der Waals surface area contributed by atoms with Crippen molar-refractivity contribution < 1.29 is 9.31 Å². The Hall–Kier alpha value is -1.66. The van der Waals surface area contributed by atoms with Gasteiger partial charge in [0.05, 0.1) is 9.95 Å². The summed E-state index contributed by atoms with van der Waals surface area (Å²) in [7, 11) is 0. The van der Waals surface area contributed by atoms with Crippen LogP contribution >= 0.6 is 27.5 Å². The van der Waals surface area contributed by atoms with Gasteiger partial charge in [0.15, 0.2) is 0 Å². The average Bonchev–Trinajstić information content (AvgIpc) is 2.42. The van der Waals surface area contributed by atoms with Crippen LogP contribution in [0.1, 0.15) is 18.5 Å². The fourth-order valence-electron chi connectivity index (χ4n) is 1.90. The second-order valence-corrected chi connectivity index (χ2v) is 5.78. The third-order valence-electron chi connectivity index (χ3n) is 2.96. The van der Waals surface area contributed by atoms with Crippen LogP contribution in [-0.4, -0.2) is 4.92 Å². The van der Waals surface area contributed by atoms with Gasteiger partial charge in [-0.3, -0.25) is 10.1 Å². The van der Waals surface area contributed by atoms with Gasteiger partial charge in [0.1, 0.15) is 11.5 Å². The van der Waals surface area contributed by atoms with E-state index >= 15 is 0 Å². The van der Waals surface area contributed by atoms with E-state index in [1.165, 1.54) is 0 Å². The molecule has 0 bridgehead atoms. The molecule has 0 saturated carbocycles. The van der Waals surface area contributed by atoms with Crippen molar-refractivity contribution in [1.82, 2.24) is 0 Å². The molecular formula is C14H11BrClFN2O2. The highest BCUT2D eigenvalue weighted by molar-refractivity contribution is 9.10. The minimum atomic E-state index is -0.703. The molecule has 0 aliphatic carbocycles. The van der Waals surface area contributed by atoms with Gasteiger partial charge in [-0.1, -0.05) is 39.7 Å². The lowest BCUT2D eigenvalue weighted by Gasteiger charge is -2.16. The topological polar surface area (TPSA) is 55.2 Å². The lowest BCUT2D eigenvalue weighted by molar-refractivity contribution is -0.384. The Kier molecular flexibility index (Phi) is 4.80. The first-order valence-electron chi connectivity index (χ1n) is 6.04. The third kappa shape index (κ3) is 3.71. The number of anilines is 1. The Labute approximate surface area is 134 Å². The van der Waals surface area contributed by atoms with Crippen molar-refractivity contribution in [3.63, 3.8) is 0 Å². The molecule has 0 aliphatic heterocycles. The van der Waals surface area contributed by atoms with E-state index < -0.39 is 10.7 Å². The highest BCUT2D eigenvalue weighted by Gasteiger charge is 2.19. The standard InChI is InChI=1S/C14H11BrClFN2O2/c1-8(9-3-2-4-10(15)5-9)18-13-7-12(17)11(16)6-14(13)19(20)21/h2-8,18H,1H3. The van der Waals surface area contributed by atoms with E-state index in [0.29, 0.717) is 0 Å². The van der Waals surface area contributed by atoms with E-state index in [9.17, 15) is 14.5 Å². The first-order chi connectivity index (χ1) is 9.88. The van der Waals surface area contributed by atoms with Gasteiger partial charge in [0.25, 0.3) is 5.69 Å². The molecule has 4 nitrogen and oxygen atoms in total. The number of rotatable bonds is 4. The molecule has 21 heavy (non-hydrogen) atoms. The van der Waals surface area contributed by atoms with Crippen molar-refractivity contribution in [3.05, 3.63) is 67.4 Å². The molecule has 2 rings (SSSR count). The van der Waals surface area contributed by atoms with Crippen molar-refractivity contribution in [2.75, 3.05) is 5.32 Å². The molecule has 0 fully saturated rings. The minimum absolute atomic E-state index is 0.0920. The van der Waals surface area contributed by atoms with Crippen LogP contribution in [-0.2, 0) is 0 Å². The molecule has 0 aromatic heterocycles. The molecule has 0 radical (unpaired) electrons. The molecule has 2 aromatic carbocycles. The maximum Gasteiger partial charge on any atom is 0.294 e. The average molecular weight is 374 g/mol. The van der Waals surface area contributed by atoms with Gasteiger partial charge in [-0.2, -0.15) is 0 Å². The number of benzene rings is 2. The quantitative estimate of drug-likeness (QED) is 0.582. The Balaban J connectivity index is 2.34. The number of nitrogens with one attached hydrogen (secondary N) is 1. The van der Waals surface area contributed by atoms with Crippen LogP contribution in [0.3, 0.4) is 0 Å². The molecule has 0 aliphatic rings. The number of nitro groups is 1. The molecule has 0 saturated heterocycles. The largest absolute Gasteiger partial charge is 0.373 e. The van der Waals surface area contributed by atoms with E-state index in [2.05, 4.69) is 21.2 Å². The van der Waals surface area contributed by atoms with Crippen LogP contribution < -0.4 is 5.32 Å². The summed E-state index contributed by atoms with van der Waals surface area (Å²) >= 11 is 8.95. The highest BCUT2D eigenvalue weighted by atomic mass is 79.9. The van der Waals surface area contributed by atoms with E-state index in [4.69, 9.17) is 11.6 Å². The molecule has 7 heteroatoms. The number of hydrogen-bond donors (Lipinski definition) is 1. The summed E-state index contributed by atoms with van der Waals surface area (Å²) < 4.78 is 14.4. The zero-order valence-electron chi connectivity index (χ0n) is 10.9. The van der Waals surface area contributed by atoms with Gasteiger partial charge >= 0.3 is 0 Å². The van der Waals surface area contributed by atoms with Crippen LogP contribution in [0, 0.1) is 15.9 Å². The Morgan fingerprint density at radius 1 is 1.38 bits per heavy atom. The van der Waals surface area contributed by atoms with Crippen LogP contribution in [0.4, 0.5) is 15.8 Å². The number of nitrogens with zero attached hydrogens (tertiary/aromatic N) is 1. The summed E-state index contributed by atoms with van der Waals surface area (Å²) in [6.07, 6.45) is 0. The minimum Gasteiger partial charge on any atom is -0.373 e. The van der Waals surface area contributed by atoms with Crippen molar-refractivity contribution in [2.45, 2.75) is 13.0 Å². The molecule has 2 aromatic rings. The highest BCUT2D eigenvalue weighted by Crippen LogP contribution is 2.33. The summed E-state index contributed by atoms with van der Waals surface area (Å²) in [5.41, 5.74) is 0.742. The van der Waals surface area contributed by atoms with E-state index in [0.717, 1.165) is 22.2 Å². The molecular weight excluding hydrogens is 363 g/mol. The zero-order chi connectivity index (χ0) is 15.6. The number of hydrogen-bond acceptors (Lipinski definition) is 3. The van der Waals surface area contributed by atoms with Gasteiger partial charge in [-0.15, -0.1) is 0 Å². The second kappa shape index (κ2) is 6.41. The second-order valence-electron chi connectivity index (χ2n) is 4.46. The van der Waals surface area contributed by atoms with Gasteiger partial charge in [-0.25, -0.2) is 4.39 Å². The van der Waals surface area contributed by atoms with Gasteiger partial charge in [0, 0.05) is 22.6 Å². The summed E-state index contributed by atoms with van der Waals surface area (Å²) in [6.45, 7) is 1.83. The first kappa shape index (κ1) is 15.7. The predicted octanol–water partition coefficient (Wildman–Crippen LogP) is 5.32. The summed E-state index contributed by atoms with van der Waals surface area (Å²) in [4.78, 5) is 10.4. The lowest BCUT2D eigenvalue weighted by Crippen LogP contribution is -2.09. The van der Waals surface area contributed by atoms with E-state index in [-0.39, 0.29) is 22.4 Å². The van der Waals surface area contributed by atoms with Crippen LogP contribution in [0.2, 0.25) is 5.02 Å². The van der Waals surface area contributed by atoms with Crippen molar-refractivity contribution in [1.29, 1.82) is 0 Å².